The van der Waals surface area contributed by atoms with E-state index in [4.69, 9.17) is 9.15 Å². The summed E-state index contributed by atoms with van der Waals surface area (Å²) in [5, 5.41) is 0.756. The Hall–Kier alpha value is -3.83. The summed E-state index contributed by atoms with van der Waals surface area (Å²) in [6, 6.07) is 10.3. The maximum absolute atomic E-state index is 12.7. The summed E-state index contributed by atoms with van der Waals surface area (Å²) >= 11 is 0. The molecule has 4 aromatic rings. The first kappa shape index (κ1) is 21.4. The van der Waals surface area contributed by atoms with Crippen LogP contribution in [-0.4, -0.2) is 30.4 Å². The van der Waals surface area contributed by atoms with Gasteiger partial charge in [-0.25, -0.2) is 24.5 Å². The van der Waals surface area contributed by atoms with Crippen LogP contribution in [0.2, 0.25) is 0 Å². The minimum Gasteiger partial charge on any atom is -0.424 e. The monoisotopic (exact) mass is 453 g/mol. The third-order valence-corrected chi connectivity index (χ3v) is 5.74. The van der Waals surface area contributed by atoms with Crippen molar-refractivity contribution >= 4 is 27.0 Å². The van der Waals surface area contributed by atoms with Gasteiger partial charge in [-0.1, -0.05) is 0 Å². The normalized spacial score (nSPS) is 11.4. The topological polar surface area (TPSA) is 136 Å². The van der Waals surface area contributed by atoms with E-state index in [1.165, 1.54) is 13.2 Å². The number of anilines is 1. The molecule has 0 aliphatic carbocycles. The molecule has 0 aliphatic rings. The molecule has 11 heteroatoms. The van der Waals surface area contributed by atoms with E-state index < -0.39 is 15.8 Å². The van der Waals surface area contributed by atoms with Gasteiger partial charge in [0, 0.05) is 49.1 Å². The van der Waals surface area contributed by atoms with Crippen molar-refractivity contribution in [2.24, 2.45) is 0 Å². The maximum atomic E-state index is 12.7. The first-order chi connectivity index (χ1) is 15.3. The van der Waals surface area contributed by atoms with Gasteiger partial charge < -0.3 is 9.15 Å². The Kier molecular flexibility index (Phi) is 5.84. The molecule has 0 radical (unpaired) electrons. The van der Waals surface area contributed by atoms with Crippen molar-refractivity contribution in [2.75, 3.05) is 11.8 Å². The summed E-state index contributed by atoms with van der Waals surface area (Å²) in [6.07, 6.45) is 4.84. The molecule has 4 rings (SSSR count). The van der Waals surface area contributed by atoms with E-state index in [2.05, 4.69) is 24.4 Å². The molecule has 10 nitrogen and oxygen atoms in total. The van der Waals surface area contributed by atoms with Crippen LogP contribution in [-0.2, 0) is 16.6 Å². The standard InChI is InChI=1S/C21H19N5O5S/c1-13-16-5-4-15(30-21-24-7-3-8-25-21)12-18(16)31-20(27)17(13)10-14-6-9-23-19(11-14)26-32(28,29)22-2/h3-9,11-12,22H,10H2,1-2H3,(H,23,26). The lowest BCUT2D eigenvalue weighted by Crippen LogP contribution is -2.26. The third kappa shape index (κ3) is 4.74. The average Bonchev–Trinajstić information content (AvgIpc) is 2.77. The number of hydrogen-bond acceptors (Lipinski definition) is 8. The van der Waals surface area contributed by atoms with E-state index in [0.717, 1.165) is 10.9 Å². The summed E-state index contributed by atoms with van der Waals surface area (Å²) < 4.78 is 39.0. The zero-order chi connectivity index (χ0) is 22.7. The fraction of sp³-hybridized carbons (Fsp3) is 0.143. The number of aryl methyl sites for hydroxylation is 1. The molecule has 32 heavy (non-hydrogen) atoms. The van der Waals surface area contributed by atoms with Crippen LogP contribution < -0.4 is 19.8 Å². The smallest absolute Gasteiger partial charge is 0.340 e. The number of rotatable bonds is 7. The van der Waals surface area contributed by atoms with E-state index >= 15 is 0 Å². The van der Waals surface area contributed by atoms with Gasteiger partial charge in [0.25, 0.3) is 10.2 Å². The lowest BCUT2D eigenvalue weighted by atomic mass is 10.00. The van der Waals surface area contributed by atoms with Crippen molar-refractivity contribution in [3.63, 3.8) is 0 Å². The van der Waals surface area contributed by atoms with Crippen molar-refractivity contribution < 1.29 is 17.6 Å². The number of pyridine rings is 1. The Balaban J connectivity index is 1.64. The van der Waals surface area contributed by atoms with E-state index in [9.17, 15) is 13.2 Å². The van der Waals surface area contributed by atoms with Gasteiger partial charge in [-0.3, -0.25) is 4.72 Å². The van der Waals surface area contributed by atoms with E-state index in [1.807, 2.05) is 6.92 Å². The number of fused-ring (bicyclic) bond motifs is 1. The molecule has 0 fully saturated rings. The highest BCUT2D eigenvalue weighted by Gasteiger charge is 2.14. The second-order valence-corrected chi connectivity index (χ2v) is 8.44. The van der Waals surface area contributed by atoms with Gasteiger partial charge in [0.1, 0.15) is 17.2 Å². The molecule has 0 aliphatic heterocycles. The van der Waals surface area contributed by atoms with Gasteiger partial charge in [-0.05, 0) is 48.4 Å². The van der Waals surface area contributed by atoms with E-state index in [0.29, 0.717) is 22.5 Å². The van der Waals surface area contributed by atoms with Crippen LogP contribution in [0.3, 0.4) is 0 Å². The number of aromatic nitrogens is 3. The quantitative estimate of drug-likeness (QED) is 0.408. The first-order valence-corrected chi connectivity index (χ1v) is 11.0. The van der Waals surface area contributed by atoms with Gasteiger partial charge in [-0.2, -0.15) is 8.42 Å². The summed E-state index contributed by atoms with van der Waals surface area (Å²) in [5.41, 5.74) is 1.81. The lowest BCUT2D eigenvalue weighted by molar-refractivity contribution is 0.440. The predicted molar refractivity (Wildman–Crippen MR) is 118 cm³/mol. The predicted octanol–water partition coefficient (Wildman–Crippen LogP) is 2.55. The van der Waals surface area contributed by atoms with Crippen LogP contribution in [0.5, 0.6) is 11.8 Å². The van der Waals surface area contributed by atoms with Crippen LogP contribution in [0, 0.1) is 6.92 Å². The molecule has 0 saturated carbocycles. The molecule has 3 aromatic heterocycles. The molecule has 164 valence electrons. The van der Waals surface area contributed by atoms with Crippen LogP contribution in [0.15, 0.2) is 64.2 Å². The summed E-state index contributed by atoms with van der Waals surface area (Å²) in [4.78, 5) is 24.7. The lowest BCUT2D eigenvalue weighted by Gasteiger charge is -2.10. The largest absolute Gasteiger partial charge is 0.424 e. The fourth-order valence-corrected chi connectivity index (χ4v) is 3.61. The molecule has 0 bridgehead atoms. The highest BCUT2D eigenvalue weighted by Crippen LogP contribution is 2.27. The van der Waals surface area contributed by atoms with Gasteiger partial charge >= 0.3 is 11.6 Å². The molecular formula is C21H19N5O5S. The molecule has 0 unspecified atom stereocenters. The Morgan fingerprint density at radius 2 is 1.84 bits per heavy atom. The van der Waals surface area contributed by atoms with Gasteiger partial charge in [0.2, 0.25) is 0 Å². The van der Waals surface area contributed by atoms with Crippen molar-refractivity contribution in [1.82, 2.24) is 19.7 Å². The molecule has 3 heterocycles. The Morgan fingerprint density at radius 1 is 1.06 bits per heavy atom. The Morgan fingerprint density at radius 3 is 2.59 bits per heavy atom. The van der Waals surface area contributed by atoms with Gasteiger partial charge in [0.15, 0.2) is 0 Å². The molecule has 1 aromatic carbocycles. The second kappa shape index (κ2) is 8.73. The number of nitrogens with one attached hydrogen (secondary N) is 2. The van der Waals surface area contributed by atoms with Crippen molar-refractivity contribution in [2.45, 2.75) is 13.3 Å². The van der Waals surface area contributed by atoms with Gasteiger partial charge in [0.05, 0.1) is 0 Å². The summed E-state index contributed by atoms with van der Waals surface area (Å²) in [6.45, 7) is 1.83. The Bertz CT molecular complexity index is 1440. The third-order valence-electron chi connectivity index (χ3n) is 4.72. The maximum Gasteiger partial charge on any atom is 0.340 e. The average molecular weight is 453 g/mol. The van der Waals surface area contributed by atoms with Crippen molar-refractivity contribution in [3.05, 3.63) is 82.1 Å². The zero-order valence-corrected chi connectivity index (χ0v) is 18.0. The molecular weight excluding hydrogens is 434 g/mol. The number of nitrogens with zero attached hydrogens (tertiary/aromatic N) is 3. The molecule has 0 spiro atoms. The number of benzene rings is 1. The highest BCUT2D eigenvalue weighted by molar-refractivity contribution is 7.90. The highest BCUT2D eigenvalue weighted by atomic mass is 32.2. The number of ether oxygens (including phenoxy) is 1. The van der Waals surface area contributed by atoms with Gasteiger partial charge in [-0.15, -0.1) is 0 Å². The molecule has 0 amide bonds. The second-order valence-electron chi connectivity index (χ2n) is 6.82. The Labute approximate surface area is 183 Å². The molecule has 0 saturated heterocycles. The zero-order valence-electron chi connectivity index (χ0n) is 17.2. The first-order valence-electron chi connectivity index (χ1n) is 9.52. The summed E-state index contributed by atoms with van der Waals surface area (Å²) in [5.74, 6) is 0.583. The van der Waals surface area contributed by atoms with Crippen molar-refractivity contribution in [3.8, 4) is 11.8 Å². The minimum absolute atomic E-state index is 0.143. The minimum atomic E-state index is -3.70. The SMILES string of the molecule is CNS(=O)(=O)Nc1cc(Cc2c(C)c3ccc(Oc4ncccn4)cc3oc2=O)ccn1. The van der Waals surface area contributed by atoms with Crippen LogP contribution in [0.25, 0.3) is 11.0 Å². The van der Waals surface area contributed by atoms with E-state index in [1.54, 1.807) is 48.8 Å². The van der Waals surface area contributed by atoms with Crippen LogP contribution >= 0.6 is 0 Å². The molecule has 2 N–H and O–H groups in total. The van der Waals surface area contributed by atoms with Crippen LogP contribution in [0.4, 0.5) is 5.82 Å². The fourth-order valence-electron chi connectivity index (χ4n) is 3.12. The summed E-state index contributed by atoms with van der Waals surface area (Å²) in [7, 11) is -2.41. The van der Waals surface area contributed by atoms with Crippen molar-refractivity contribution in [1.29, 1.82) is 0 Å². The molecule has 0 atom stereocenters. The number of hydrogen-bond donors (Lipinski definition) is 2. The van der Waals surface area contributed by atoms with Crippen LogP contribution in [0.1, 0.15) is 16.7 Å². The van der Waals surface area contributed by atoms with E-state index in [-0.39, 0.29) is 18.2 Å².